The predicted molar refractivity (Wildman–Crippen MR) is 92.3 cm³/mol. The Labute approximate surface area is 126 Å². The number of nitrogens with one attached hydrogen (secondary N) is 1. The first-order valence-corrected chi connectivity index (χ1v) is 9.83. The predicted octanol–water partition coefficient (Wildman–Crippen LogP) is 5.64. The van der Waals surface area contributed by atoms with Crippen molar-refractivity contribution < 1.29 is 0 Å². The highest BCUT2D eigenvalue weighted by atomic mass is 32.2. The van der Waals surface area contributed by atoms with Crippen LogP contribution in [-0.2, 0) is 0 Å². The van der Waals surface area contributed by atoms with Crippen LogP contribution >= 0.6 is 11.8 Å². The molecule has 0 radical (unpaired) electrons. The Hall–Kier alpha value is 0.310. The van der Waals surface area contributed by atoms with Crippen molar-refractivity contribution in [3.05, 3.63) is 0 Å². The van der Waals surface area contributed by atoms with Crippen molar-refractivity contribution in [3.63, 3.8) is 0 Å². The summed E-state index contributed by atoms with van der Waals surface area (Å²) in [6.45, 7) is 7.01. The number of thioether (sulfide) groups is 1. The third-order valence-corrected chi connectivity index (χ3v) is 4.88. The van der Waals surface area contributed by atoms with Gasteiger partial charge in [-0.25, -0.2) is 0 Å². The van der Waals surface area contributed by atoms with E-state index in [-0.39, 0.29) is 0 Å². The van der Waals surface area contributed by atoms with Gasteiger partial charge in [0.1, 0.15) is 0 Å². The fourth-order valence-corrected chi connectivity index (χ4v) is 2.64. The van der Waals surface area contributed by atoms with Gasteiger partial charge in [-0.2, -0.15) is 11.8 Å². The topological polar surface area (TPSA) is 12.0 Å². The van der Waals surface area contributed by atoms with Crippen molar-refractivity contribution in [1.82, 2.24) is 5.32 Å². The van der Waals surface area contributed by atoms with Crippen LogP contribution in [0.5, 0.6) is 0 Å². The average molecular weight is 288 g/mol. The van der Waals surface area contributed by atoms with Gasteiger partial charge in [-0.1, -0.05) is 71.6 Å². The second-order valence-electron chi connectivity index (χ2n) is 5.77. The Morgan fingerprint density at radius 1 is 0.789 bits per heavy atom. The van der Waals surface area contributed by atoms with Gasteiger partial charge in [0.25, 0.3) is 0 Å². The molecule has 116 valence electrons. The molecule has 0 saturated carbocycles. The normalized spacial score (nSPS) is 12.8. The van der Waals surface area contributed by atoms with Crippen LogP contribution in [-0.4, -0.2) is 24.6 Å². The number of hydrogen-bond donors (Lipinski definition) is 1. The molecule has 0 bridgehead atoms. The lowest BCUT2D eigenvalue weighted by molar-refractivity contribution is 0.541. The highest BCUT2D eigenvalue weighted by Gasteiger charge is 1.97. The molecule has 0 rings (SSSR count). The minimum atomic E-state index is 0.806. The van der Waals surface area contributed by atoms with E-state index in [0.717, 1.165) is 5.25 Å². The summed E-state index contributed by atoms with van der Waals surface area (Å²) in [4.78, 5) is 0. The molecule has 0 amide bonds. The molecule has 0 fully saturated rings. The minimum absolute atomic E-state index is 0.806. The first-order valence-electron chi connectivity index (χ1n) is 8.54. The van der Waals surface area contributed by atoms with Gasteiger partial charge in [0.15, 0.2) is 0 Å². The van der Waals surface area contributed by atoms with E-state index in [1.807, 2.05) is 11.8 Å². The van der Waals surface area contributed by atoms with Crippen LogP contribution in [0, 0.1) is 0 Å². The monoisotopic (exact) mass is 287 g/mol. The Morgan fingerprint density at radius 2 is 1.32 bits per heavy atom. The van der Waals surface area contributed by atoms with Crippen molar-refractivity contribution in [2.45, 2.75) is 89.7 Å². The SMILES string of the molecule is CCCCCCCCCCCCNCCC(C)SC. The molecule has 0 aliphatic rings. The van der Waals surface area contributed by atoms with Crippen molar-refractivity contribution in [1.29, 1.82) is 0 Å². The second kappa shape index (κ2) is 16.4. The molecule has 0 aromatic heterocycles. The molecule has 0 aliphatic carbocycles. The number of hydrogen-bond acceptors (Lipinski definition) is 2. The maximum absolute atomic E-state index is 3.56. The molecule has 1 nitrogen and oxygen atoms in total. The molecular formula is C17H37NS. The maximum atomic E-state index is 3.56. The average Bonchev–Trinajstić information content (AvgIpc) is 2.43. The van der Waals surface area contributed by atoms with E-state index in [1.54, 1.807) is 0 Å². The summed E-state index contributed by atoms with van der Waals surface area (Å²) < 4.78 is 0. The lowest BCUT2D eigenvalue weighted by atomic mass is 10.1. The van der Waals surface area contributed by atoms with Crippen LogP contribution in [0.4, 0.5) is 0 Å². The molecule has 1 atom stereocenters. The van der Waals surface area contributed by atoms with Gasteiger partial charge in [0, 0.05) is 5.25 Å². The summed E-state index contributed by atoms with van der Waals surface area (Å²) in [6.07, 6.45) is 17.8. The van der Waals surface area contributed by atoms with Crippen molar-refractivity contribution in [2.24, 2.45) is 0 Å². The molecule has 2 heteroatoms. The molecule has 0 spiro atoms. The van der Waals surface area contributed by atoms with Crippen LogP contribution < -0.4 is 5.32 Å². The van der Waals surface area contributed by atoms with Crippen molar-refractivity contribution in [2.75, 3.05) is 19.3 Å². The molecule has 1 N–H and O–H groups in total. The molecular weight excluding hydrogens is 250 g/mol. The first kappa shape index (κ1) is 19.3. The van der Waals surface area contributed by atoms with E-state index in [9.17, 15) is 0 Å². The Morgan fingerprint density at radius 3 is 1.84 bits per heavy atom. The van der Waals surface area contributed by atoms with Crippen LogP contribution in [0.1, 0.15) is 84.5 Å². The standard InChI is InChI=1S/C17H37NS/c1-4-5-6-7-8-9-10-11-12-13-15-18-16-14-17(2)19-3/h17-18H,4-16H2,1-3H3. The molecule has 19 heavy (non-hydrogen) atoms. The minimum Gasteiger partial charge on any atom is -0.317 e. The highest BCUT2D eigenvalue weighted by Crippen LogP contribution is 2.10. The maximum Gasteiger partial charge on any atom is 0.00280 e. The largest absolute Gasteiger partial charge is 0.317 e. The summed E-state index contributed by atoms with van der Waals surface area (Å²) >= 11 is 1.97. The smallest absolute Gasteiger partial charge is 0.00280 e. The fourth-order valence-electron chi connectivity index (χ4n) is 2.29. The van der Waals surface area contributed by atoms with E-state index < -0.39 is 0 Å². The zero-order valence-electron chi connectivity index (χ0n) is 13.7. The Balaban J connectivity index is 2.95. The summed E-state index contributed by atoms with van der Waals surface area (Å²) in [5.74, 6) is 0. The van der Waals surface area contributed by atoms with Crippen LogP contribution in [0.25, 0.3) is 0 Å². The van der Waals surface area contributed by atoms with E-state index in [0.29, 0.717) is 0 Å². The molecule has 0 heterocycles. The quantitative estimate of drug-likeness (QED) is 0.391. The van der Waals surface area contributed by atoms with Crippen LogP contribution in [0.2, 0.25) is 0 Å². The zero-order chi connectivity index (χ0) is 14.2. The molecule has 0 aromatic carbocycles. The Bertz CT molecular complexity index is 161. The lowest BCUT2D eigenvalue weighted by Crippen LogP contribution is -2.19. The third-order valence-electron chi connectivity index (χ3n) is 3.84. The van der Waals surface area contributed by atoms with Gasteiger partial charge in [-0.05, 0) is 32.2 Å². The summed E-state index contributed by atoms with van der Waals surface area (Å²) in [6, 6.07) is 0. The van der Waals surface area contributed by atoms with E-state index in [2.05, 4.69) is 25.4 Å². The lowest BCUT2D eigenvalue weighted by Gasteiger charge is -2.08. The highest BCUT2D eigenvalue weighted by molar-refractivity contribution is 7.99. The first-order chi connectivity index (χ1) is 9.31. The number of rotatable bonds is 15. The summed E-state index contributed by atoms with van der Waals surface area (Å²) in [5.41, 5.74) is 0. The molecule has 0 aromatic rings. The summed E-state index contributed by atoms with van der Waals surface area (Å²) in [5, 5.41) is 4.37. The van der Waals surface area contributed by atoms with Gasteiger partial charge >= 0.3 is 0 Å². The van der Waals surface area contributed by atoms with Gasteiger partial charge in [-0.3, -0.25) is 0 Å². The fraction of sp³-hybridized carbons (Fsp3) is 1.00. The van der Waals surface area contributed by atoms with E-state index >= 15 is 0 Å². The molecule has 1 unspecified atom stereocenters. The van der Waals surface area contributed by atoms with Gasteiger partial charge < -0.3 is 5.32 Å². The van der Waals surface area contributed by atoms with Crippen molar-refractivity contribution >= 4 is 11.8 Å². The van der Waals surface area contributed by atoms with E-state index in [1.165, 1.54) is 83.7 Å². The Kier molecular flexibility index (Phi) is 16.6. The third kappa shape index (κ3) is 16.3. The van der Waals surface area contributed by atoms with Crippen molar-refractivity contribution in [3.8, 4) is 0 Å². The van der Waals surface area contributed by atoms with Gasteiger partial charge in [0.2, 0.25) is 0 Å². The zero-order valence-corrected chi connectivity index (χ0v) is 14.5. The van der Waals surface area contributed by atoms with Crippen LogP contribution in [0.3, 0.4) is 0 Å². The molecule has 0 aliphatic heterocycles. The van der Waals surface area contributed by atoms with Crippen LogP contribution in [0.15, 0.2) is 0 Å². The van der Waals surface area contributed by atoms with E-state index in [4.69, 9.17) is 0 Å². The molecule has 0 saturated heterocycles. The summed E-state index contributed by atoms with van der Waals surface area (Å²) in [7, 11) is 0. The number of unbranched alkanes of at least 4 members (excludes halogenated alkanes) is 9. The van der Waals surface area contributed by atoms with Gasteiger partial charge in [0.05, 0.1) is 0 Å². The second-order valence-corrected chi connectivity index (χ2v) is 7.04. The van der Waals surface area contributed by atoms with Gasteiger partial charge in [-0.15, -0.1) is 0 Å².